The lowest BCUT2D eigenvalue weighted by Crippen LogP contribution is -1.91. The number of hydrogen-bond donors (Lipinski definition) is 0. The van der Waals surface area contributed by atoms with E-state index in [-0.39, 0.29) is 0 Å². The third kappa shape index (κ3) is 3.12. The van der Waals surface area contributed by atoms with Crippen LogP contribution in [-0.2, 0) is 5.33 Å². The highest BCUT2D eigenvalue weighted by Crippen LogP contribution is 2.28. The van der Waals surface area contributed by atoms with Crippen LogP contribution in [0.4, 0.5) is 0 Å². The fourth-order valence-electron chi connectivity index (χ4n) is 1.64. The quantitative estimate of drug-likeness (QED) is 0.697. The number of alkyl halides is 1. The summed E-state index contributed by atoms with van der Waals surface area (Å²) >= 11 is 6.93. The van der Waals surface area contributed by atoms with Gasteiger partial charge in [-0.15, -0.1) is 0 Å². The number of pyridine rings is 1. The Morgan fingerprint density at radius 2 is 1.83 bits per heavy atom. The van der Waals surface area contributed by atoms with Crippen molar-refractivity contribution in [2.75, 3.05) is 0 Å². The highest BCUT2D eigenvalue weighted by Gasteiger charge is 2.05. The largest absolute Gasteiger partial charge is 0.439 e. The van der Waals surface area contributed by atoms with Gasteiger partial charge in [0.05, 0.1) is 0 Å². The number of hydrogen-bond acceptors (Lipinski definition) is 2. The molecule has 0 atom stereocenters. The molecule has 0 fully saturated rings. The van der Waals surface area contributed by atoms with Gasteiger partial charge in [0.15, 0.2) is 0 Å². The number of benzene rings is 1. The first-order valence-corrected chi connectivity index (χ1v) is 7.47. The van der Waals surface area contributed by atoms with Gasteiger partial charge in [0.1, 0.15) is 5.75 Å². The molecule has 1 aromatic heterocycles. The van der Waals surface area contributed by atoms with E-state index in [1.807, 2.05) is 44.3 Å². The Labute approximate surface area is 124 Å². The molecule has 1 aromatic carbocycles. The topological polar surface area (TPSA) is 22.1 Å². The number of aryl methyl sites for hydroxylation is 2. The highest BCUT2D eigenvalue weighted by atomic mass is 79.9. The molecule has 0 spiro atoms. The monoisotopic (exact) mass is 369 g/mol. The van der Waals surface area contributed by atoms with Crippen molar-refractivity contribution in [3.8, 4) is 11.6 Å². The Balaban J connectivity index is 2.23. The molecule has 0 N–H and O–H groups in total. The van der Waals surface area contributed by atoms with Gasteiger partial charge >= 0.3 is 0 Å². The van der Waals surface area contributed by atoms with Crippen LogP contribution in [0.5, 0.6) is 11.6 Å². The van der Waals surface area contributed by atoms with Crippen molar-refractivity contribution in [2.45, 2.75) is 19.2 Å². The minimum atomic E-state index is 0.612. The van der Waals surface area contributed by atoms with Crippen LogP contribution in [0.2, 0.25) is 0 Å². The zero-order valence-electron chi connectivity index (χ0n) is 10.2. The number of rotatable bonds is 3. The molecule has 0 saturated carbocycles. The lowest BCUT2D eigenvalue weighted by atomic mass is 10.1. The van der Waals surface area contributed by atoms with Crippen LogP contribution in [0.15, 0.2) is 34.9 Å². The Kier molecular flexibility index (Phi) is 4.40. The second-order valence-electron chi connectivity index (χ2n) is 4.11. The van der Waals surface area contributed by atoms with E-state index in [4.69, 9.17) is 4.74 Å². The van der Waals surface area contributed by atoms with E-state index < -0.39 is 0 Å². The molecule has 0 saturated heterocycles. The predicted octanol–water partition coefficient (Wildman–Crippen LogP) is 5.15. The summed E-state index contributed by atoms with van der Waals surface area (Å²) in [6, 6.07) is 7.87. The zero-order valence-corrected chi connectivity index (χ0v) is 13.4. The average molecular weight is 371 g/mol. The fraction of sp³-hybridized carbons (Fsp3) is 0.214. The minimum absolute atomic E-state index is 0.612. The first kappa shape index (κ1) is 13.6. The van der Waals surface area contributed by atoms with Gasteiger partial charge in [-0.25, -0.2) is 4.98 Å². The predicted molar refractivity (Wildman–Crippen MR) is 80.6 cm³/mol. The molecule has 1 heterocycles. The highest BCUT2D eigenvalue weighted by molar-refractivity contribution is 9.10. The number of nitrogens with zero attached hydrogens (tertiary/aromatic N) is 1. The first-order chi connectivity index (χ1) is 8.60. The van der Waals surface area contributed by atoms with Crippen molar-refractivity contribution in [1.82, 2.24) is 4.98 Å². The molecule has 0 aliphatic heterocycles. The van der Waals surface area contributed by atoms with Gasteiger partial charge in [0, 0.05) is 22.1 Å². The molecule has 0 aliphatic rings. The lowest BCUT2D eigenvalue weighted by molar-refractivity contribution is 0.462. The van der Waals surface area contributed by atoms with Crippen molar-refractivity contribution in [1.29, 1.82) is 0 Å². The zero-order chi connectivity index (χ0) is 13.1. The standard InChI is InChI=1S/C14H13Br2NO/c1-9-5-12(6-10(2)14(9)16)18-13-4-3-11(7-15)8-17-13/h3-6,8H,7H2,1-2H3. The third-order valence-electron chi connectivity index (χ3n) is 2.58. The Morgan fingerprint density at radius 1 is 1.17 bits per heavy atom. The minimum Gasteiger partial charge on any atom is -0.439 e. The van der Waals surface area contributed by atoms with E-state index in [0.717, 1.165) is 32.2 Å². The second kappa shape index (κ2) is 5.85. The van der Waals surface area contributed by atoms with Crippen LogP contribution in [0.25, 0.3) is 0 Å². The smallest absolute Gasteiger partial charge is 0.219 e. The molecule has 0 bridgehead atoms. The van der Waals surface area contributed by atoms with Gasteiger partial charge in [0.2, 0.25) is 5.88 Å². The normalized spacial score (nSPS) is 10.4. The molecule has 2 rings (SSSR count). The molecule has 0 unspecified atom stereocenters. The van der Waals surface area contributed by atoms with Crippen molar-refractivity contribution < 1.29 is 4.74 Å². The van der Waals surface area contributed by atoms with Crippen molar-refractivity contribution >= 4 is 31.9 Å². The fourth-order valence-corrected chi connectivity index (χ4v) is 2.20. The summed E-state index contributed by atoms with van der Waals surface area (Å²) in [6.45, 7) is 4.09. The van der Waals surface area contributed by atoms with Crippen LogP contribution in [-0.4, -0.2) is 4.98 Å². The molecule has 0 radical (unpaired) electrons. The van der Waals surface area contributed by atoms with Crippen LogP contribution in [0, 0.1) is 13.8 Å². The Morgan fingerprint density at radius 3 is 2.33 bits per heavy atom. The van der Waals surface area contributed by atoms with Crippen molar-refractivity contribution in [3.05, 3.63) is 51.6 Å². The second-order valence-corrected chi connectivity index (χ2v) is 5.47. The van der Waals surface area contributed by atoms with Crippen LogP contribution < -0.4 is 4.74 Å². The van der Waals surface area contributed by atoms with E-state index in [1.165, 1.54) is 0 Å². The summed E-state index contributed by atoms with van der Waals surface area (Å²) in [5.74, 6) is 1.42. The van der Waals surface area contributed by atoms with Crippen molar-refractivity contribution in [3.63, 3.8) is 0 Å². The van der Waals surface area contributed by atoms with E-state index in [9.17, 15) is 0 Å². The van der Waals surface area contributed by atoms with Gasteiger partial charge in [0.25, 0.3) is 0 Å². The van der Waals surface area contributed by atoms with Crippen LogP contribution >= 0.6 is 31.9 Å². The third-order valence-corrected chi connectivity index (χ3v) is 4.48. The van der Waals surface area contributed by atoms with E-state index in [0.29, 0.717) is 5.88 Å². The maximum Gasteiger partial charge on any atom is 0.219 e. The molecule has 2 nitrogen and oxygen atoms in total. The van der Waals surface area contributed by atoms with Gasteiger partial charge in [-0.3, -0.25) is 0 Å². The number of ether oxygens (including phenoxy) is 1. The van der Waals surface area contributed by atoms with Gasteiger partial charge in [-0.05, 0) is 42.7 Å². The molecule has 18 heavy (non-hydrogen) atoms. The maximum atomic E-state index is 5.75. The number of aromatic nitrogens is 1. The van der Waals surface area contributed by atoms with Gasteiger partial charge in [-0.2, -0.15) is 0 Å². The molecule has 4 heteroatoms. The van der Waals surface area contributed by atoms with Gasteiger partial charge < -0.3 is 4.74 Å². The molecule has 0 amide bonds. The lowest BCUT2D eigenvalue weighted by Gasteiger charge is -2.09. The first-order valence-electron chi connectivity index (χ1n) is 5.55. The Bertz CT molecular complexity index is 529. The van der Waals surface area contributed by atoms with Crippen LogP contribution in [0.1, 0.15) is 16.7 Å². The summed E-state index contributed by atoms with van der Waals surface area (Å²) in [7, 11) is 0. The molecular formula is C14H13Br2NO. The average Bonchev–Trinajstić information content (AvgIpc) is 2.37. The summed E-state index contributed by atoms with van der Waals surface area (Å²) in [4.78, 5) is 4.26. The number of halogens is 2. The van der Waals surface area contributed by atoms with E-state index in [2.05, 4.69) is 36.8 Å². The van der Waals surface area contributed by atoms with E-state index >= 15 is 0 Å². The van der Waals surface area contributed by atoms with Crippen LogP contribution in [0.3, 0.4) is 0 Å². The van der Waals surface area contributed by atoms with Crippen molar-refractivity contribution in [2.24, 2.45) is 0 Å². The summed E-state index contributed by atoms with van der Waals surface area (Å²) in [6.07, 6.45) is 1.81. The molecule has 0 aliphatic carbocycles. The summed E-state index contributed by atoms with van der Waals surface area (Å²) < 4.78 is 6.87. The van der Waals surface area contributed by atoms with E-state index in [1.54, 1.807) is 0 Å². The maximum absolute atomic E-state index is 5.75. The molecular weight excluding hydrogens is 358 g/mol. The molecule has 2 aromatic rings. The Hall–Kier alpha value is -0.870. The summed E-state index contributed by atoms with van der Waals surface area (Å²) in [5, 5.41) is 0.802. The SMILES string of the molecule is Cc1cc(Oc2ccc(CBr)cn2)cc(C)c1Br. The van der Waals surface area contributed by atoms with Gasteiger partial charge in [-0.1, -0.05) is 37.9 Å². The molecule has 94 valence electrons. The summed E-state index contributed by atoms with van der Waals surface area (Å²) in [5.41, 5.74) is 3.44.